The third-order valence-corrected chi connectivity index (χ3v) is 2.98. The number of hydrogen-bond acceptors (Lipinski definition) is 3. The molecular weight excluding hydrogens is 212 g/mol. The fourth-order valence-electron chi connectivity index (χ4n) is 1.08. The fraction of sp³-hybridized carbons (Fsp3) is 0.400. The van der Waals surface area contributed by atoms with Crippen LogP contribution in [0.15, 0.2) is 20.7 Å². The van der Waals surface area contributed by atoms with E-state index >= 15 is 0 Å². The number of aryl methyl sites for hydroxylation is 1. The van der Waals surface area contributed by atoms with E-state index in [1.807, 2.05) is 6.92 Å². The molecule has 0 saturated heterocycles. The predicted octanol–water partition coefficient (Wildman–Crippen LogP) is 0.198. The van der Waals surface area contributed by atoms with Crippen LogP contribution in [-0.4, -0.2) is 14.4 Å². The molecule has 0 amide bonds. The Balaban J connectivity index is 3.29. The molecule has 0 aliphatic carbocycles. The van der Waals surface area contributed by atoms with Crippen molar-refractivity contribution >= 4 is 11.8 Å². The van der Waals surface area contributed by atoms with Crippen LogP contribution in [0.1, 0.15) is 6.92 Å². The molecule has 0 aliphatic heterocycles. The lowest BCUT2D eigenvalue weighted by Crippen LogP contribution is -2.37. The van der Waals surface area contributed by atoms with Gasteiger partial charge in [0.1, 0.15) is 0 Å². The predicted molar refractivity (Wildman–Crippen MR) is 61.1 cm³/mol. The normalized spacial score (nSPS) is 12.1. The molecule has 1 unspecified atom stereocenters. The molecule has 1 heterocycles. The average molecular weight is 224 g/mol. The maximum Gasteiger partial charge on any atom is 0.330 e. The molecule has 1 atom stereocenters. The molecule has 0 saturated carbocycles. The summed E-state index contributed by atoms with van der Waals surface area (Å²) in [6, 6.07) is 0. The van der Waals surface area contributed by atoms with Crippen LogP contribution in [0.2, 0.25) is 0 Å². The van der Waals surface area contributed by atoms with Crippen LogP contribution in [0.3, 0.4) is 0 Å². The number of aromatic nitrogens is 2. The summed E-state index contributed by atoms with van der Waals surface area (Å²) in [5.74, 6) is 2.52. The Bertz CT molecular complexity index is 522. The fourth-order valence-corrected chi connectivity index (χ4v) is 1.99. The summed E-state index contributed by atoms with van der Waals surface area (Å²) in [6.07, 6.45) is 6.74. The van der Waals surface area contributed by atoms with Gasteiger partial charge in [0, 0.05) is 20.3 Å². The average Bonchev–Trinajstić information content (AvgIpc) is 2.22. The molecule has 0 aliphatic rings. The van der Waals surface area contributed by atoms with Crippen molar-refractivity contribution in [2.75, 3.05) is 0 Å². The molecule has 0 N–H and O–H groups in total. The number of thioether (sulfide) groups is 1. The van der Waals surface area contributed by atoms with E-state index in [4.69, 9.17) is 6.42 Å². The summed E-state index contributed by atoms with van der Waals surface area (Å²) < 4.78 is 2.44. The third kappa shape index (κ3) is 2.34. The van der Waals surface area contributed by atoms with Crippen LogP contribution in [0.4, 0.5) is 0 Å². The monoisotopic (exact) mass is 224 g/mol. The van der Waals surface area contributed by atoms with Crippen LogP contribution in [0.25, 0.3) is 0 Å². The van der Waals surface area contributed by atoms with E-state index in [-0.39, 0.29) is 16.5 Å². The van der Waals surface area contributed by atoms with Crippen molar-refractivity contribution in [3.05, 3.63) is 27.0 Å². The third-order valence-electron chi connectivity index (χ3n) is 1.95. The zero-order valence-electron chi connectivity index (χ0n) is 8.85. The molecule has 0 fully saturated rings. The van der Waals surface area contributed by atoms with Gasteiger partial charge in [-0.15, -0.1) is 18.2 Å². The van der Waals surface area contributed by atoms with Crippen molar-refractivity contribution in [1.82, 2.24) is 9.13 Å². The number of nitrogens with zero attached hydrogens (tertiary/aromatic N) is 2. The van der Waals surface area contributed by atoms with Crippen LogP contribution in [0.5, 0.6) is 0 Å². The second-order valence-electron chi connectivity index (χ2n) is 3.18. The van der Waals surface area contributed by atoms with Gasteiger partial charge in [-0.25, -0.2) is 4.79 Å². The molecule has 1 aromatic heterocycles. The van der Waals surface area contributed by atoms with Gasteiger partial charge in [0.05, 0.1) is 10.1 Å². The van der Waals surface area contributed by atoms with Crippen molar-refractivity contribution in [3.8, 4) is 12.3 Å². The summed E-state index contributed by atoms with van der Waals surface area (Å²) in [5, 5.41) is -0.0878. The SMILES string of the molecule is C#CC(C)Sc1cn(C)c(=O)n(C)c1=O. The van der Waals surface area contributed by atoms with Gasteiger partial charge in [-0.1, -0.05) is 5.92 Å². The second-order valence-corrected chi connectivity index (χ2v) is 4.56. The molecule has 15 heavy (non-hydrogen) atoms. The molecule has 4 nitrogen and oxygen atoms in total. The smallest absolute Gasteiger partial charge is 0.302 e. The van der Waals surface area contributed by atoms with Gasteiger partial charge < -0.3 is 4.57 Å². The van der Waals surface area contributed by atoms with Crippen molar-refractivity contribution in [2.24, 2.45) is 14.1 Å². The highest BCUT2D eigenvalue weighted by Crippen LogP contribution is 2.17. The number of terminal acetylenes is 1. The van der Waals surface area contributed by atoms with Crippen LogP contribution in [-0.2, 0) is 14.1 Å². The molecule has 0 bridgehead atoms. The topological polar surface area (TPSA) is 44.0 Å². The first kappa shape index (κ1) is 11.7. The zero-order chi connectivity index (χ0) is 11.6. The standard InChI is InChI=1S/C10H12N2O2S/c1-5-7(2)15-8-6-11(3)10(14)12(4)9(8)13/h1,6-7H,2-4H3. The minimum atomic E-state index is -0.335. The second kappa shape index (κ2) is 4.41. The first-order chi connectivity index (χ1) is 6.97. The maximum absolute atomic E-state index is 11.7. The van der Waals surface area contributed by atoms with Gasteiger partial charge in [0.25, 0.3) is 5.56 Å². The Morgan fingerprint density at radius 2 is 2.07 bits per heavy atom. The highest BCUT2D eigenvalue weighted by molar-refractivity contribution is 8.00. The van der Waals surface area contributed by atoms with E-state index in [1.165, 1.54) is 29.6 Å². The van der Waals surface area contributed by atoms with E-state index in [2.05, 4.69) is 5.92 Å². The van der Waals surface area contributed by atoms with Gasteiger partial charge in [-0.2, -0.15) is 0 Å². The Morgan fingerprint density at radius 1 is 1.47 bits per heavy atom. The molecular formula is C10H12N2O2S. The van der Waals surface area contributed by atoms with Gasteiger partial charge in [0.2, 0.25) is 0 Å². The van der Waals surface area contributed by atoms with Gasteiger partial charge in [0.15, 0.2) is 0 Å². The van der Waals surface area contributed by atoms with E-state index < -0.39 is 0 Å². The Kier molecular flexibility index (Phi) is 3.43. The van der Waals surface area contributed by atoms with Crippen molar-refractivity contribution < 1.29 is 0 Å². The molecule has 5 heteroatoms. The molecule has 1 rings (SSSR count). The van der Waals surface area contributed by atoms with Crippen molar-refractivity contribution in [2.45, 2.75) is 17.1 Å². The summed E-state index contributed by atoms with van der Waals surface area (Å²) in [7, 11) is 3.06. The lowest BCUT2D eigenvalue weighted by atomic mass is 10.5. The highest BCUT2D eigenvalue weighted by atomic mass is 32.2. The van der Waals surface area contributed by atoms with E-state index in [9.17, 15) is 9.59 Å². The minimum Gasteiger partial charge on any atom is -0.302 e. The minimum absolute atomic E-state index is 0.0878. The number of rotatable bonds is 2. The van der Waals surface area contributed by atoms with E-state index in [0.717, 1.165) is 4.57 Å². The largest absolute Gasteiger partial charge is 0.330 e. The quantitative estimate of drug-likeness (QED) is 0.532. The van der Waals surface area contributed by atoms with Crippen LogP contribution >= 0.6 is 11.8 Å². The first-order valence-corrected chi connectivity index (χ1v) is 5.24. The summed E-state index contributed by atoms with van der Waals surface area (Å²) in [4.78, 5) is 23.5. The maximum atomic E-state index is 11.7. The Morgan fingerprint density at radius 3 is 2.60 bits per heavy atom. The first-order valence-electron chi connectivity index (χ1n) is 4.36. The lowest BCUT2D eigenvalue weighted by Gasteiger charge is -2.07. The van der Waals surface area contributed by atoms with E-state index in [0.29, 0.717) is 4.90 Å². The molecule has 0 radical (unpaired) electrons. The zero-order valence-corrected chi connectivity index (χ0v) is 9.67. The van der Waals surface area contributed by atoms with Gasteiger partial charge in [-0.3, -0.25) is 9.36 Å². The summed E-state index contributed by atoms with van der Waals surface area (Å²) in [6.45, 7) is 1.83. The Labute approximate surface area is 91.9 Å². The Hall–Kier alpha value is -1.41. The lowest BCUT2D eigenvalue weighted by molar-refractivity contribution is 0.661. The van der Waals surface area contributed by atoms with E-state index in [1.54, 1.807) is 7.05 Å². The summed E-state index contributed by atoms with van der Waals surface area (Å²) >= 11 is 1.28. The van der Waals surface area contributed by atoms with Crippen LogP contribution in [0, 0.1) is 12.3 Å². The van der Waals surface area contributed by atoms with Gasteiger partial charge >= 0.3 is 5.69 Å². The van der Waals surface area contributed by atoms with Gasteiger partial charge in [-0.05, 0) is 6.92 Å². The number of hydrogen-bond donors (Lipinski definition) is 0. The van der Waals surface area contributed by atoms with Crippen molar-refractivity contribution in [1.29, 1.82) is 0 Å². The molecule has 1 aromatic rings. The highest BCUT2D eigenvalue weighted by Gasteiger charge is 2.09. The van der Waals surface area contributed by atoms with Crippen molar-refractivity contribution in [3.63, 3.8) is 0 Å². The molecule has 0 spiro atoms. The van der Waals surface area contributed by atoms with Crippen LogP contribution < -0.4 is 11.2 Å². The summed E-state index contributed by atoms with van der Waals surface area (Å²) in [5.41, 5.74) is -0.636. The molecule has 80 valence electrons. The molecule has 0 aromatic carbocycles.